The fourth-order valence-corrected chi connectivity index (χ4v) is 4.74. The first-order valence-electron chi connectivity index (χ1n) is 12.2. The van der Waals surface area contributed by atoms with E-state index in [1.54, 1.807) is 0 Å². The standard InChI is InChI=1S/C28H34FN5O/c1-5-27(20-16-30-31-17-20)34(4)13-12-23-24-15-22(10-11-25(24)33-26(23)14-18(2)3)32-28(35)19-6-8-21(29)9-7-19/h6-11,15-18,27,33H,5,12-14H2,1-4H3,(H,30,31)(H,32,35). The topological polar surface area (TPSA) is 76.8 Å². The molecule has 2 heterocycles. The van der Waals surface area contributed by atoms with Crippen molar-refractivity contribution in [1.29, 1.82) is 0 Å². The van der Waals surface area contributed by atoms with Gasteiger partial charge >= 0.3 is 0 Å². The second kappa shape index (κ2) is 10.9. The van der Waals surface area contributed by atoms with Crippen LogP contribution in [0.5, 0.6) is 0 Å². The van der Waals surface area contributed by atoms with E-state index in [1.807, 2.05) is 30.6 Å². The van der Waals surface area contributed by atoms with Gasteiger partial charge in [-0.3, -0.25) is 14.8 Å². The van der Waals surface area contributed by atoms with Crippen LogP contribution in [0.4, 0.5) is 10.1 Å². The molecular weight excluding hydrogens is 441 g/mol. The smallest absolute Gasteiger partial charge is 0.255 e. The van der Waals surface area contributed by atoms with Gasteiger partial charge in [-0.05, 0) is 80.3 Å². The molecule has 0 fully saturated rings. The Morgan fingerprint density at radius 1 is 1.17 bits per heavy atom. The summed E-state index contributed by atoms with van der Waals surface area (Å²) in [5.41, 5.74) is 5.96. The molecule has 7 heteroatoms. The second-order valence-corrected chi connectivity index (χ2v) is 9.59. The largest absolute Gasteiger partial charge is 0.358 e. The van der Waals surface area contributed by atoms with Crippen LogP contribution in [0.2, 0.25) is 0 Å². The molecule has 1 amide bonds. The summed E-state index contributed by atoms with van der Waals surface area (Å²) in [4.78, 5) is 18.7. The van der Waals surface area contributed by atoms with Gasteiger partial charge < -0.3 is 10.3 Å². The van der Waals surface area contributed by atoms with Crippen LogP contribution >= 0.6 is 0 Å². The first kappa shape index (κ1) is 24.7. The molecule has 0 bridgehead atoms. The quantitative estimate of drug-likeness (QED) is 0.259. The minimum absolute atomic E-state index is 0.255. The number of carbonyl (C=O) groups excluding carboxylic acids is 1. The number of halogens is 1. The van der Waals surface area contributed by atoms with Crippen LogP contribution in [0, 0.1) is 11.7 Å². The highest BCUT2D eigenvalue weighted by Crippen LogP contribution is 2.29. The number of amides is 1. The molecular formula is C28H34FN5O. The number of hydrogen-bond acceptors (Lipinski definition) is 3. The molecule has 0 aliphatic heterocycles. The van der Waals surface area contributed by atoms with Gasteiger partial charge in [0.15, 0.2) is 0 Å². The molecule has 0 aliphatic carbocycles. The molecule has 4 aromatic rings. The van der Waals surface area contributed by atoms with E-state index in [1.165, 1.54) is 41.1 Å². The summed E-state index contributed by atoms with van der Waals surface area (Å²) in [5.74, 6) is -0.0957. The Morgan fingerprint density at radius 3 is 2.60 bits per heavy atom. The summed E-state index contributed by atoms with van der Waals surface area (Å²) in [6.07, 6.45) is 6.72. The van der Waals surface area contributed by atoms with Crippen molar-refractivity contribution in [3.8, 4) is 0 Å². The first-order chi connectivity index (χ1) is 16.9. The van der Waals surface area contributed by atoms with Crippen LogP contribution in [0.1, 0.15) is 60.4 Å². The third-order valence-electron chi connectivity index (χ3n) is 6.51. The zero-order valence-corrected chi connectivity index (χ0v) is 20.9. The molecule has 1 unspecified atom stereocenters. The number of H-pyrrole nitrogens is 2. The molecule has 2 aromatic carbocycles. The Labute approximate surface area is 205 Å². The third-order valence-corrected chi connectivity index (χ3v) is 6.51. The van der Waals surface area contributed by atoms with Crippen molar-refractivity contribution in [3.63, 3.8) is 0 Å². The van der Waals surface area contributed by atoms with Gasteiger partial charge in [0.05, 0.1) is 6.20 Å². The number of anilines is 1. The number of likely N-dealkylation sites (N-methyl/N-ethyl adjacent to an activating group) is 1. The van der Waals surface area contributed by atoms with Crippen LogP contribution in [0.3, 0.4) is 0 Å². The van der Waals surface area contributed by atoms with Crippen molar-refractivity contribution in [3.05, 3.63) is 83.1 Å². The molecule has 0 saturated carbocycles. The Bertz CT molecular complexity index is 1260. The molecule has 184 valence electrons. The van der Waals surface area contributed by atoms with Crippen molar-refractivity contribution < 1.29 is 9.18 Å². The fraction of sp³-hybridized carbons (Fsp3) is 0.357. The van der Waals surface area contributed by atoms with E-state index in [-0.39, 0.29) is 11.7 Å². The Hall–Kier alpha value is -3.45. The number of carbonyl (C=O) groups is 1. The summed E-state index contributed by atoms with van der Waals surface area (Å²) < 4.78 is 13.2. The highest BCUT2D eigenvalue weighted by atomic mass is 19.1. The predicted octanol–water partition coefficient (Wildman–Crippen LogP) is 6.11. The SMILES string of the molecule is CCC(c1cn[nH]c1)N(C)CCc1c(CC(C)C)[nH]c2ccc(NC(=O)c3ccc(F)cc3)cc12. The highest BCUT2D eigenvalue weighted by molar-refractivity contribution is 6.05. The van der Waals surface area contributed by atoms with E-state index in [0.717, 1.165) is 42.4 Å². The third kappa shape index (κ3) is 5.80. The van der Waals surface area contributed by atoms with Crippen molar-refractivity contribution >= 4 is 22.5 Å². The number of aromatic nitrogens is 3. The lowest BCUT2D eigenvalue weighted by Gasteiger charge is -2.26. The van der Waals surface area contributed by atoms with Gasteiger partial charge in [-0.1, -0.05) is 20.8 Å². The maximum atomic E-state index is 13.2. The lowest BCUT2D eigenvalue weighted by Crippen LogP contribution is -2.26. The molecule has 0 aliphatic rings. The van der Waals surface area contributed by atoms with Crippen LogP contribution in [0.15, 0.2) is 54.9 Å². The van der Waals surface area contributed by atoms with E-state index in [2.05, 4.69) is 53.2 Å². The number of hydrogen-bond donors (Lipinski definition) is 3. The molecule has 1 atom stereocenters. The summed E-state index contributed by atoms with van der Waals surface area (Å²) in [6, 6.07) is 11.8. The van der Waals surface area contributed by atoms with E-state index in [4.69, 9.17) is 0 Å². The summed E-state index contributed by atoms with van der Waals surface area (Å²) in [6.45, 7) is 7.54. The number of nitrogens with zero attached hydrogens (tertiary/aromatic N) is 2. The van der Waals surface area contributed by atoms with Gasteiger partial charge in [-0.2, -0.15) is 5.10 Å². The highest BCUT2D eigenvalue weighted by Gasteiger charge is 2.19. The molecule has 35 heavy (non-hydrogen) atoms. The monoisotopic (exact) mass is 475 g/mol. The fourth-order valence-electron chi connectivity index (χ4n) is 4.74. The molecule has 0 radical (unpaired) electrons. The van der Waals surface area contributed by atoms with Gasteiger partial charge in [0.2, 0.25) is 0 Å². The Kier molecular flexibility index (Phi) is 7.66. The molecule has 2 aromatic heterocycles. The molecule has 6 nitrogen and oxygen atoms in total. The number of benzene rings is 2. The summed E-state index contributed by atoms with van der Waals surface area (Å²) in [7, 11) is 2.16. The lowest BCUT2D eigenvalue weighted by atomic mass is 10.00. The van der Waals surface area contributed by atoms with Gasteiger partial charge in [0.25, 0.3) is 5.91 Å². The number of nitrogens with one attached hydrogen (secondary N) is 3. The maximum absolute atomic E-state index is 13.2. The number of fused-ring (bicyclic) bond motifs is 1. The lowest BCUT2D eigenvalue weighted by molar-refractivity contribution is 0.102. The molecule has 3 N–H and O–H groups in total. The van der Waals surface area contributed by atoms with Gasteiger partial charge in [0, 0.05) is 52.2 Å². The van der Waals surface area contributed by atoms with Crippen molar-refractivity contribution in [1.82, 2.24) is 20.1 Å². The first-order valence-corrected chi connectivity index (χ1v) is 12.2. The minimum atomic E-state index is -0.360. The van der Waals surface area contributed by atoms with Gasteiger partial charge in [0.1, 0.15) is 5.82 Å². The van der Waals surface area contributed by atoms with Crippen LogP contribution in [-0.2, 0) is 12.8 Å². The Balaban J connectivity index is 1.58. The maximum Gasteiger partial charge on any atom is 0.255 e. The summed E-state index contributed by atoms with van der Waals surface area (Å²) >= 11 is 0. The van der Waals surface area contributed by atoms with Gasteiger partial charge in [-0.25, -0.2) is 4.39 Å². The van der Waals surface area contributed by atoms with E-state index in [0.29, 0.717) is 17.5 Å². The normalized spacial score (nSPS) is 12.5. The molecule has 0 saturated heterocycles. The van der Waals surface area contributed by atoms with Crippen molar-refractivity contribution in [2.45, 2.75) is 46.1 Å². The zero-order valence-electron chi connectivity index (χ0n) is 20.9. The molecule has 0 spiro atoms. The van der Waals surface area contributed by atoms with Crippen LogP contribution < -0.4 is 5.32 Å². The molecule has 4 rings (SSSR count). The van der Waals surface area contributed by atoms with Crippen molar-refractivity contribution in [2.24, 2.45) is 5.92 Å². The van der Waals surface area contributed by atoms with E-state index >= 15 is 0 Å². The summed E-state index contributed by atoms with van der Waals surface area (Å²) in [5, 5.41) is 11.1. The van der Waals surface area contributed by atoms with E-state index in [9.17, 15) is 9.18 Å². The van der Waals surface area contributed by atoms with Crippen molar-refractivity contribution in [2.75, 3.05) is 18.9 Å². The second-order valence-electron chi connectivity index (χ2n) is 9.59. The average Bonchev–Trinajstić information content (AvgIpc) is 3.46. The zero-order chi connectivity index (χ0) is 24.9. The Morgan fingerprint density at radius 2 is 1.94 bits per heavy atom. The van der Waals surface area contributed by atoms with Gasteiger partial charge in [-0.15, -0.1) is 0 Å². The number of rotatable bonds is 10. The van der Waals surface area contributed by atoms with Crippen LogP contribution in [0.25, 0.3) is 10.9 Å². The average molecular weight is 476 g/mol. The van der Waals surface area contributed by atoms with Crippen LogP contribution in [-0.4, -0.2) is 39.6 Å². The minimum Gasteiger partial charge on any atom is -0.358 e. The predicted molar refractivity (Wildman–Crippen MR) is 139 cm³/mol. The number of aromatic amines is 2. The van der Waals surface area contributed by atoms with E-state index < -0.39 is 0 Å².